The normalized spacial score (nSPS) is 18.8. The zero-order chi connectivity index (χ0) is 13.5. The summed E-state index contributed by atoms with van der Waals surface area (Å²) in [6.07, 6.45) is 0. The summed E-state index contributed by atoms with van der Waals surface area (Å²) in [7, 11) is 0. The van der Waals surface area contributed by atoms with Crippen molar-refractivity contribution in [3.63, 3.8) is 0 Å². The number of primary amides is 1. The molecule has 5 heteroatoms. The van der Waals surface area contributed by atoms with Crippen LogP contribution in [0.15, 0.2) is 24.3 Å². The van der Waals surface area contributed by atoms with Crippen LogP contribution < -0.4 is 16.0 Å². The topological polar surface area (TPSA) is 75.4 Å². The number of para-hydroxylation sites is 2. The molecule has 0 fully saturated rings. The van der Waals surface area contributed by atoms with Crippen LogP contribution in [0.3, 0.4) is 0 Å². The van der Waals surface area contributed by atoms with Crippen molar-refractivity contribution in [2.24, 2.45) is 5.73 Å². The van der Waals surface area contributed by atoms with Gasteiger partial charge in [-0.1, -0.05) is 12.1 Å². The van der Waals surface area contributed by atoms with E-state index in [-0.39, 0.29) is 5.91 Å². The van der Waals surface area contributed by atoms with Gasteiger partial charge in [-0.15, -0.1) is 0 Å². The first kappa shape index (κ1) is 12.4. The molecule has 0 spiro atoms. The molecule has 3 N–H and O–H groups in total. The van der Waals surface area contributed by atoms with Gasteiger partial charge >= 0.3 is 0 Å². The van der Waals surface area contributed by atoms with Crippen LogP contribution in [-0.4, -0.2) is 23.4 Å². The molecule has 0 aliphatic carbocycles. The monoisotopic (exact) mass is 247 g/mol. The second-order valence-electron chi connectivity index (χ2n) is 5.02. The zero-order valence-corrected chi connectivity index (χ0v) is 10.7. The van der Waals surface area contributed by atoms with Gasteiger partial charge in [-0.2, -0.15) is 0 Å². The highest BCUT2D eigenvalue weighted by Gasteiger charge is 2.41. The van der Waals surface area contributed by atoms with Gasteiger partial charge in [-0.3, -0.25) is 14.5 Å². The Balaban J connectivity index is 2.56. The maximum atomic E-state index is 12.4. The number of carbonyl (C=O) groups excluding carboxylic acids is 2. The van der Waals surface area contributed by atoms with Crippen molar-refractivity contribution in [1.82, 2.24) is 0 Å². The lowest BCUT2D eigenvalue weighted by atomic mass is 9.96. The number of nitrogens with zero attached hydrogens (tertiary/aromatic N) is 1. The number of hydrogen-bond donors (Lipinski definition) is 2. The minimum atomic E-state index is -0.752. The molecule has 96 valence electrons. The number of anilines is 2. The third kappa shape index (κ3) is 1.81. The minimum Gasteiger partial charge on any atom is -0.370 e. The summed E-state index contributed by atoms with van der Waals surface area (Å²) in [6.45, 7) is 5.20. The van der Waals surface area contributed by atoms with Crippen LogP contribution in [0.1, 0.15) is 20.8 Å². The first-order chi connectivity index (χ1) is 8.34. The summed E-state index contributed by atoms with van der Waals surface area (Å²) in [5.41, 5.74) is 6.09. The highest BCUT2D eigenvalue weighted by Crippen LogP contribution is 2.36. The van der Waals surface area contributed by atoms with Crippen molar-refractivity contribution in [3.05, 3.63) is 24.3 Å². The van der Waals surface area contributed by atoms with E-state index in [1.165, 1.54) is 4.90 Å². The Hall–Kier alpha value is -2.04. The molecule has 1 aromatic rings. The molecule has 1 heterocycles. The molecule has 2 rings (SSSR count). The van der Waals surface area contributed by atoms with Crippen LogP contribution in [0.4, 0.5) is 11.4 Å². The Kier molecular flexibility index (Phi) is 2.77. The van der Waals surface area contributed by atoms with Crippen LogP contribution in [-0.2, 0) is 9.59 Å². The van der Waals surface area contributed by atoms with E-state index in [2.05, 4.69) is 5.32 Å². The van der Waals surface area contributed by atoms with Crippen LogP contribution in [0.5, 0.6) is 0 Å². The van der Waals surface area contributed by atoms with Crippen molar-refractivity contribution in [1.29, 1.82) is 0 Å². The van der Waals surface area contributed by atoms with Gasteiger partial charge in [0.25, 0.3) is 5.91 Å². The molecule has 0 bridgehead atoms. The summed E-state index contributed by atoms with van der Waals surface area (Å²) < 4.78 is 0. The van der Waals surface area contributed by atoms with Gasteiger partial charge in [0.15, 0.2) is 0 Å². The second-order valence-corrected chi connectivity index (χ2v) is 5.02. The van der Waals surface area contributed by atoms with Crippen LogP contribution >= 0.6 is 0 Å². The second kappa shape index (κ2) is 4.01. The van der Waals surface area contributed by atoms with E-state index in [1.807, 2.05) is 18.2 Å². The Labute approximate surface area is 106 Å². The van der Waals surface area contributed by atoms with E-state index < -0.39 is 17.5 Å². The van der Waals surface area contributed by atoms with E-state index in [4.69, 9.17) is 5.73 Å². The first-order valence-corrected chi connectivity index (χ1v) is 5.85. The summed E-state index contributed by atoms with van der Waals surface area (Å²) >= 11 is 0. The van der Waals surface area contributed by atoms with Gasteiger partial charge in [0, 0.05) is 0 Å². The fourth-order valence-corrected chi connectivity index (χ4v) is 2.10. The van der Waals surface area contributed by atoms with Crippen LogP contribution in [0.2, 0.25) is 0 Å². The number of benzene rings is 1. The van der Waals surface area contributed by atoms with Gasteiger partial charge < -0.3 is 11.1 Å². The molecule has 0 aromatic heterocycles. The minimum absolute atomic E-state index is 0.160. The third-order valence-corrected chi connectivity index (χ3v) is 3.16. The Morgan fingerprint density at radius 3 is 2.61 bits per heavy atom. The van der Waals surface area contributed by atoms with Crippen molar-refractivity contribution in [2.75, 3.05) is 10.2 Å². The summed E-state index contributed by atoms with van der Waals surface area (Å²) in [5.74, 6) is -0.677. The molecule has 2 amide bonds. The lowest BCUT2D eigenvalue weighted by molar-refractivity contribution is -0.126. The molecule has 1 aliphatic heterocycles. The molecule has 1 unspecified atom stereocenters. The summed E-state index contributed by atoms with van der Waals surface area (Å²) in [5, 5.41) is 3.17. The summed E-state index contributed by atoms with van der Waals surface area (Å²) in [4.78, 5) is 25.3. The zero-order valence-electron chi connectivity index (χ0n) is 10.7. The fraction of sp³-hybridized carbons (Fsp3) is 0.385. The lowest BCUT2D eigenvalue weighted by Gasteiger charge is -2.41. The maximum absolute atomic E-state index is 12.4. The number of hydrogen-bond acceptors (Lipinski definition) is 3. The van der Waals surface area contributed by atoms with Gasteiger partial charge in [0.05, 0.1) is 11.4 Å². The number of nitrogens with one attached hydrogen (secondary N) is 1. The van der Waals surface area contributed by atoms with Gasteiger partial charge in [-0.05, 0) is 32.9 Å². The highest BCUT2D eigenvalue weighted by molar-refractivity contribution is 6.10. The van der Waals surface area contributed by atoms with E-state index in [9.17, 15) is 9.59 Å². The van der Waals surface area contributed by atoms with E-state index in [1.54, 1.807) is 26.8 Å². The quantitative estimate of drug-likeness (QED) is 0.821. The molecular formula is C13H17N3O2. The number of carbonyl (C=O) groups is 2. The molecule has 5 nitrogen and oxygen atoms in total. The van der Waals surface area contributed by atoms with Gasteiger partial charge in [-0.25, -0.2) is 0 Å². The third-order valence-electron chi connectivity index (χ3n) is 3.16. The molecule has 18 heavy (non-hydrogen) atoms. The number of fused-ring (bicyclic) bond motifs is 1. The van der Waals surface area contributed by atoms with Crippen LogP contribution in [0, 0.1) is 0 Å². The smallest absolute Gasteiger partial charge is 0.252 e. The largest absolute Gasteiger partial charge is 0.370 e. The van der Waals surface area contributed by atoms with Crippen molar-refractivity contribution >= 4 is 23.2 Å². The predicted molar refractivity (Wildman–Crippen MR) is 70.3 cm³/mol. The Morgan fingerprint density at radius 2 is 2.00 bits per heavy atom. The van der Waals surface area contributed by atoms with E-state index in [0.29, 0.717) is 5.69 Å². The predicted octanol–water partition coefficient (Wildman–Crippen LogP) is 1.10. The molecular weight excluding hydrogens is 230 g/mol. The Morgan fingerprint density at radius 1 is 1.39 bits per heavy atom. The van der Waals surface area contributed by atoms with Crippen LogP contribution in [0.25, 0.3) is 0 Å². The molecule has 1 aromatic carbocycles. The number of rotatable bonds is 2. The standard InChI is InChI=1S/C13H17N3O2/c1-8(11(14)17)16-10-7-5-4-6-9(10)15-13(2,3)12(16)18/h4-8,15H,1-3H3,(H2,14,17). The van der Waals surface area contributed by atoms with Crippen molar-refractivity contribution in [2.45, 2.75) is 32.4 Å². The lowest BCUT2D eigenvalue weighted by Crippen LogP contribution is -2.59. The van der Waals surface area contributed by atoms with Crippen molar-refractivity contribution in [3.8, 4) is 0 Å². The average Bonchev–Trinajstić information content (AvgIpc) is 2.29. The van der Waals surface area contributed by atoms with Gasteiger partial charge in [0.1, 0.15) is 11.6 Å². The molecule has 1 aliphatic rings. The average molecular weight is 247 g/mol. The fourth-order valence-electron chi connectivity index (χ4n) is 2.10. The van der Waals surface area contributed by atoms with E-state index >= 15 is 0 Å². The molecule has 0 saturated carbocycles. The molecule has 0 saturated heterocycles. The van der Waals surface area contributed by atoms with E-state index in [0.717, 1.165) is 5.69 Å². The highest BCUT2D eigenvalue weighted by atomic mass is 16.2. The summed E-state index contributed by atoms with van der Waals surface area (Å²) in [6, 6.07) is 6.72. The SMILES string of the molecule is CC(C(N)=O)N1C(=O)C(C)(C)Nc2ccccc21. The number of amides is 2. The Bertz CT molecular complexity index is 511. The maximum Gasteiger partial charge on any atom is 0.252 e. The number of nitrogens with two attached hydrogens (primary N) is 1. The first-order valence-electron chi connectivity index (χ1n) is 5.85. The van der Waals surface area contributed by atoms with Gasteiger partial charge in [0.2, 0.25) is 5.91 Å². The molecule has 0 radical (unpaired) electrons. The van der Waals surface area contributed by atoms with Crippen molar-refractivity contribution < 1.29 is 9.59 Å². The molecule has 1 atom stereocenters.